The second kappa shape index (κ2) is 7.80. The van der Waals surface area contributed by atoms with Crippen molar-refractivity contribution in [2.75, 3.05) is 40.6 Å². The van der Waals surface area contributed by atoms with Crippen LogP contribution in [0.2, 0.25) is 0 Å². The minimum absolute atomic E-state index is 0.185. The molecule has 0 saturated carbocycles. The summed E-state index contributed by atoms with van der Waals surface area (Å²) in [6.45, 7) is 1.54. The molecule has 0 amide bonds. The first-order chi connectivity index (χ1) is 10.2. The molecule has 1 rings (SSSR count). The molecule has 0 bridgehead atoms. The van der Waals surface area contributed by atoms with Crippen LogP contribution in [0.4, 0.5) is 0 Å². The van der Waals surface area contributed by atoms with Gasteiger partial charge in [0, 0.05) is 0 Å². The molecule has 0 fully saturated rings. The standard InChI is InChI=1S/C15H25NO5S/c1-16(2,10-5-6-11-22(17,18)19)12-13-8-7-9-14(20-3)15(13)21-4/h7-9H,5-6,10-12H2,1-4H3/p+1. The van der Waals surface area contributed by atoms with E-state index in [1.807, 2.05) is 18.2 Å². The smallest absolute Gasteiger partial charge is 0.264 e. The largest absolute Gasteiger partial charge is 0.493 e. The average molecular weight is 332 g/mol. The van der Waals surface area contributed by atoms with Gasteiger partial charge in [0.2, 0.25) is 0 Å². The van der Waals surface area contributed by atoms with E-state index in [4.69, 9.17) is 14.0 Å². The highest BCUT2D eigenvalue weighted by Gasteiger charge is 2.20. The lowest BCUT2D eigenvalue weighted by Gasteiger charge is -2.30. The van der Waals surface area contributed by atoms with Crippen LogP contribution >= 0.6 is 0 Å². The summed E-state index contributed by atoms with van der Waals surface area (Å²) in [6, 6.07) is 5.78. The highest BCUT2D eigenvalue weighted by molar-refractivity contribution is 7.85. The van der Waals surface area contributed by atoms with Gasteiger partial charge in [0.05, 0.1) is 46.2 Å². The van der Waals surface area contributed by atoms with Gasteiger partial charge in [-0.3, -0.25) is 4.55 Å². The molecule has 126 valence electrons. The van der Waals surface area contributed by atoms with E-state index in [0.717, 1.165) is 30.8 Å². The summed E-state index contributed by atoms with van der Waals surface area (Å²) in [6.07, 6.45) is 1.18. The number of hydrogen-bond donors (Lipinski definition) is 1. The first-order valence-electron chi connectivity index (χ1n) is 7.15. The number of para-hydroxylation sites is 1. The summed E-state index contributed by atoms with van der Waals surface area (Å²) in [4.78, 5) is 0. The van der Waals surface area contributed by atoms with Crippen molar-refractivity contribution < 1.29 is 26.9 Å². The van der Waals surface area contributed by atoms with Crippen molar-refractivity contribution in [3.05, 3.63) is 23.8 Å². The minimum Gasteiger partial charge on any atom is -0.493 e. The van der Waals surface area contributed by atoms with Crippen molar-refractivity contribution in [3.63, 3.8) is 0 Å². The number of hydrogen-bond acceptors (Lipinski definition) is 4. The quantitative estimate of drug-likeness (QED) is 0.425. The van der Waals surface area contributed by atoms with Crippen LogP contribution in [0.3, 0.4) is 0 Å². The molecule has 1 aromatic rings. The van der Waals surface area contributed by atoms with Gasteiger partial charge in [0.1, 0.15) is 6.54 Å². The Kier molecular flexibility index (Phi) is 6.65. The van der Waals surface area contributed by atoms with Crippen molar-refractivity contribution in [2.45, 2.75) is 19.4 Å². The fourth-order valence-corrected chi connectivity index (χ4v) is 3.01. The van der Waals surface area contributed by atoms with Gasteiger partial charge in [-0.25, -0.2) is 0 Å². The Labute approximate surface area is 133 Å². The molecule has 0 saturated heterocycles. The van der Waals surface area contributed by atoms with Crippen LogP contribution in [-0.4, -0.2) is 58.1 Å². The number of methoxy groups -OCH3 is 2. The molecule has 0 atom stereocenters. The number of ether oxygens (including phenoxy) is 2. The normalized spacial score (nSPS) is 12.2. The molecular formula is C15H26NO5S+. The Hall–Kier alpha value is -1.31. The average Bonchev–Trinajstić information content (AvgIpc) is 2.42. The lowest BCUT2D eigenvalue weighted by Crippen LogP contribution is -2.39. The highest BCUT2D eigenvalue weighted by atomic mass is 32.2. The van der Waals surface area contributed by atoms with Crippen LogP contribution in [0.25, 0.3) is 0 Å². The maximum Gasteiger partial charge on any atom is 0.264 e. The first kappa shape index (κ1) is 18.7. The lowest BCUT2D eigenvalue weighted by molar-refractivity contribution is -0.903. The van der Waals surface area contributed by atoms with Gasteiger partial charge < -0.3 is 14.0 Å². The molecule has 0 unspecified atom stereocenters. The van der Waals surface area contributed by atoms with E-state index in [2.05, 4.69) is 14.1 Å². The summed E-state index contributed by atoms with van der Waals surface area (Å²) < 4.78 is 41.6. The van der Waals surface area contributed by atoms with Crippen molar-refractivity contribution >= 4 is 10.1 Å². The Bertz CT molecular complexity index is 584. The summed E-state index contributed by atoms with van der Waals surface area (Å²) in [7, 11) is 3.51. The molecule has 0 radical (unpaired) electrons. The van der Waals surface area contributed by atoms with Crippen molar-refractivity contribution in [1.82, 2.24) is 0 Å². The van der Waals surface area contributed by atoms with Crippen LogP contribution in [0.1, 0.15) is 18.4 Å². The predicted molar refractivity (Wildman–Crippen MR) is 85.9 cm³/mol. The van der Waals surface area contributed by atoms with Crippen molar-refractivity contribution in [3.8, 4) is 11.5 Å². The molecule has 1 aromatic carbocycles. The zero-order valence-corrected chi connectivity index (χ0v) is 14.5. The summed E-state index contributed by atoms with van der Waals surface area (Å²) in [5.41, 5.74) is 1.04. The Morgan fingerprint density at radius 2 is 1.82 bits per heavy atom. The molecule has 0 aliphatic rings. The van der Waals surface area contributed by atoms with E-state index in [1.54, 1.807) is 14.2 Å². The summed E-state index contributed by atoms with van der Waals surface area (Å²) >= 11 is 0. The number of rotatable bonds is 9. The minimum atomic E-state index is -3.86. The summed E-state index contributed by atoms with van der Waals surface area (Å²) in [5, 5.41) is 0. The van der Waals surface area contributed by atoms with Gasteiger partial charge in [-0.15, -0.1) is 0 Å². The van der Waals surface area contributed by atoms with Crippen molar-refractivity contribution in [2.24, 2.45) is 0 Å². The van der Waals surface area contributed by atoms with E-state index in [9.17, 15) is 8.42 Å². The SMILES string of the molecule is COc1cccc(C[N+](C)(C)CCCCS(=O)(=O)O)c1OC. The van der Waals surface area contributed by atoms with Crippen LogP contribution < -0.4 is 9.47 Å². The maximum atomic E-state index is 10.7. The first-order valence-corrected chi connectivity index (χ1v) is 8.76. The molecule has 0 aromatic heterocycles. The van der Waals surface area contributed by atoms with E-state index < -0.39 is 10.1 Å². The van der Waals surface area contributed by atoms with Crippen LogP contribution in [0.5, 0.6) is 11.5 Å². The monoisotopic (exact) mass is 332 g/mol. The van der Waals surface area contributed by atoms with E-state index >= 15 is 0 Å². The second-order valence-electron chi connectivity index (χ2n) is 5.96. The molecule has 22 heavy (non-hydrogen) atoms. The zero-order chi connectivity index (χ0) is 16.8. The fourth-order valence-electron chi connectivity index (χ4n) is 2.44. The van der Waals surface area contributed by atoms with Gasteiger partial charge in [-0.05, 0) is 25.0 Å². The molecule has 7 heteroatoms. The summed E-state index contributed by atoms with van der Waals surface area (Å²) in [5.74, 6) is 1.25. The van der Waals surface area contributed by atoms with Gasteiger partial charge in [-0.2, -0.15) is 8.42 Å². The second-order valence-corrected chi connectivity index (χ2v) is 7.54. The topological polar surface area (TPSA) is 72.8 Å². The Morgan fingerprint density at radius 3 is 2.36 bits per heavy atom. The number of quaternary nitrogens is 1. The van der Waals surface area contributed by atoms with E-state index in [0.29, 0.717) is 16.7 Å². The molecule has 6 nitrogen and oxygen atoms in total. The van der Waals surface area contributed by atoms with Gasteiger partial charge in [0.25, 0.3) is 10.1 Å². The van der Waals surface area contributed by atoms with Crippen LogP contribution in [-0.2, 0) is 16.7 Å². The third kappa shape index (κ3) is 6.21. The lowest BCUT2D eigenvalue weighted by atomic mass is 10.1. The predicted octanol–water partition coefficient (Wildman–Crippen LogP) is 1.95. The van der Waals surface area contributed by atoms with Gasteiger partial charge in [-0.1, -0.05) is 6.07 Å². The Morgan fingerprint density at radius 1 is 1.14 bits per heavy atom. The third-order valence-electron chi connectivity index (χ3n) is 3.50. The van der Waals surface area contributed by atoms with Gasteiger partial charge in [0.15, 0.2) is 11.5 Å². The third-order valence-corrected chi connectivity index (χ3v) is 4.30. The molecule has 0 aliphatic carbocycles. The number of benzene rings is 1. The van der Waals surface area contributed by atoms with E-state index in [-0.39, 0.29) is 5.75 Å². The van der Waals surface area contributed by atoms with Crippen LogP contribution in [0.15, 0.2) is 18.2 Å². The fraction of sp³-hybridized carbons (Fsp3) is 0.600. The zero-order valence-electron chi connectivity index (χ0n) is 13.7. The molecule has 0 aliphatic heterocycles. The molecular weight excluding hydrogens is 306 g/mol. The molecule has 1 N–H and O–H groups in total. The molecule has 0 heterocycles. The van der Waals surface area contributed by atoms with E-state index in [1.165, 1.54) is 0 Å². The van der Waals surface area contributed by atoms with Crippen LogP contribution in [0, 0.1) is 0 Å². The van der Waals surface area contributed by atoms with Crippen molar-refractivity contribution in [1.29, 1.82) is 0 Å². The Balaban J connectivity index is 2.68. The highest BCUT2D eigenvalue weighted by Crippen LogP contribution is 2.32. The maximum absolute atomic E-state index is 10.7. The number of nitrogens with zero attached hydrogens (tertiary/aromatic N) is 1. The number of unbranched alkanes of at least 4 members (excludes halogenated alkanes) is 1. The van der Waals surface area contributed by atoms with Gasteiger partial charge >= 0.3 is 0 Å². The molecule has 0 spiro atoms.